The molecule has 0 spiro atoms. The summed E-state index contributed by atoms with van der Waals surface area (Å²) in [6.07, 6.45) is 0. The molecule has 0 heterocycles. The van der Waals surface area contributed by atoms with Gasteiger partial charge in [-0.05, 0) is 19.8 Å². The number of guanidine groups is 1. The van der Waals surface area contributed by atoms with Gasteiger partial charge in [0.05, 0.1) is 6.61 Å². The molecule has 0 aromatic carbocycles. The van der Waals surface area contributed by atoms with E-state index in [2.05, 4.69) is 36.1 Å². The van der Waals surface area contributed by atoms with E-state index in [1.165, 1.54) is 0 Å². The predicted octanol–water partition coefficient (Wildman–Crippen LogP) is 0.820. The summed E-state index contributed by atoms with van der Waals surface area (Å²) in [6, 6.07) is 0. The molecular formula is C11H26N4O. The van der Waals surface area contributed by atoms with Gasteiger partial charge in [-0.1, -0.05) is 13.8 Å². The maximum absolute atomic E-state index is 5.48. The zero-order chi connectivity index (χ0) is 12.4. The lowest BCUT2D eigenvalue weighted by Gasteiger charge is -2.24. The largest absolute Gasteiger partial charge is 0.380 e. The molecule has 0 bridgehead atoms. The van der Waals surface area contributed by atoms with E-state index in [4.69, 9.17) is 10.6 Å². The molecule has 0 aromatic heterocycles. The van der Waals surface area contributed by atoms with Crippen LogP contribution in [0.15, 0.2) is 4.99 Å². The average molecular weight is 230 g/mol. The van der Waals surface area contributed by atoms with Crippen molar-refractivity contribution in [2.75, 3.05) is 32.8 Å². The molecule has 0 saturated heterocycles. The standard InChI is InChI=1S/C11H26N4O/c1-5-15(7-8-16-6-2)11(14-12)13-9-10(3)4/h10H,5-9,12H2,1-4H3,(H,13,14). The first-order chi connectivity index (χ1) is 7.65. The van der Waals surface area contributed by atoms with Gasteiger partial charge in [0.2, 0.25) is 5.96 Å². The Bertz CT molecular complexity index is 194. The molecule has 0 saturated carbocycles. The highest BCUT2D eigenvalue weighted by Crippen LogP contribution is 1.95. The number of aliphatic imine (C=N–C) groups is 1. The van der Waals surface area contributed by atoms with Crippen LogP contribution in [-0.2, 0) is 4.74 Å². The van der Waals surface area contributed by atoms with Gasteiger partial charge < -0.3 is 9.64 Å². The van der Waals surface area contributed by atoms with Crippen molar-refractivity contribution in [2.45, 2.75) is 27.7 Å². The lowest BCUT2D eigenvalue weighted by atomic mass is 10.2. The lowest BCUT2D eigenvalue weighted by molar-refractivity contribution is 0.132. The van der Waals surface area contributed by atoms with Gasteiger partial charge >= 0.3 is 0 Å². The minimum atomic E-state index is 0.536. The van der Waals surface area contributed by atoms with Crippen molar-refractivity contribution in [2.24, 2.45) is 16.8 Å². The third-order valence-electron chi connectivity index (χ3n) is 2.13. The molecule has 0 aliphatic rings. The van der Waals surface area contributed by atoms with Crippen LogP contribution in [0.4, 0.5) is 0 Å². The molecule has 16 heavy (non-hydrogen) atoms. The Hall–Kier alpha value is -0.810. The van der Waals surface area contributed by atoms with E-state index < -0.39 is 0 Å². The Labute approximate surface area is 99.0 Å². The second kappa shape index (κ2) is 9.42. The number of rotatable bonds is 7. The molecule has 0 unspecified atom stereocenters. The van der Waals surface area contributed by atoms with E-state index >= 15 is 0 Å². The molecule has 96 valence electrons. The molecule has 0 fully saturated rings. The Morgan fingerprint density at radius 2 is 2.12 bits per heavy atom. The number of hydrazine groups is 1. The maximum Gasteiger partial charge on any atom is 0.208 e. The number of nitrogens with two attached hydrogens (primary N) is 1. The van der Waals surface area contributed by atoms with Crippen molar-refractivity contribution in [3.05, 3.63) is 0 Å². The van der Waals surface area contributed by atoms with Gasteiger partial charge in [0.25, 0.3) is 0 Å². The van der Waals surface area contributed by atoms with Crippen LogP contribution in [-0.4, -0.2) is 43.7 Å². The van der Waals surface area contributed by atoms with Crippen molar-refractivity contribution in [1.82, 2.24) is 10.3 Å². The van der Waals surface area contributed by atoms with Gasteiger partial charge in [0, 0.05) is 26.2 Å². The highest BCUT2D eigenvalue weighted by molar-refractivity contribution is 5.79. The fraction of sp³-hybridized carbons (Fsp3) is 0.909. The molecule has 0 aliphatic heterocycles. The molecule has 0 atom stereocenters. The van der Waals surface area contributed by atoms with E-state index in [9.17, 15) is 0 Å². The van der Waals surface area contributed by atoms with Crippen LogP contribution in [0.2, 0.25) is 0 Å². The second-order valence-electron chi connectivity index (χ2n) is 3.98. The molecule has 0 amide bonds. The maximum atomic E-state index is 5.48. The second-order valence-corrected chi connectivity index (χ2v) is 3.98. The van der Waals surface area contributed by atoms with Gasteiger partial charge in [-0.2, -0.15) is 0 Å². The monoisotopic (exact) mass is 230 g/mol. The number of nitrogens with one attached hydrogen (secondary N) is 1. The number of nitrogens with zero attached hydrogens (tertiary/aromatic N) is 2. The van der Waals surface area contributed by atoms with E-state index in [0.717, 1.165) is 32.2 Å². The number of hydrogen-bond acceptors (Lipinski definition) is 3. The van der Waals surface area contributed by atoms with E-state index in [-0.39, 0.29) is 0 Å². The first-order valence-electron chi connectivity index (χ1n) is 5.99. The highest BCUT2D eigenvalue weighted by atomic mass is 16.5. The summed E-state index contributed by atoms with van der Waals surface area (Å²) in [5.41, 5.74) is 2.66. The van der Waals surface area contributed by atoms with Gasteiger partial charge in [-0.3, -0.25) is 10.4 Å². The lowest BCUT2D eigenvalue weighted by Crippen LogP contribution is -2.46. The average Bonchev–Trinajstić information content (AvgIpc) is 2.27. The zero-order valence-corrected chi connectivity index (χ0v) is 11.0. The molecular weight excluding hydrogens is 204 g/mol. The van der Waals surface area contributed by atoms with Crippen LogP contribution in [0.1, 0.15) is 27.7 Å². The van der Waals surface area contributed by atoms with Crippen molar-refractivity contribution in [3.8, 4) is 0 Å². The Kier molecular flexibility index (Phi) is 8.94. The minimum Gasteiger partial charge on any atom is -0.380 e. The molecule has 0 rings (SSSR count). The SMILES string of the molecule is CCOCCN(CC)C(=NCC(C)C)NN. The number of likely N-dealkylation sites (N-methyl/N-ethyl adjacent to an activating group) is 1. The molecule has 5 nitrogen and oxygen atoms in total. The van der Waals surface area contributed by atoms with Crippen molar-refractivity contribution in [3.63, 3.8) is 0 Å². The third kappa shape index (κ3) is 6.63. The fourth-order valence-corrected chi connectivity index (χ4v) is 1.24. The summed E-state index contributed by atoms with van der Waals surface area (Å²) in [5, 5.41) is 0. The molecule has 0 aromatic rings. The van der Waals surface area contributed by atoms with Crippen LogP contribution >= 0.6 is 0 Å². The normalized spacial score (nSPS) is 12.0. The molecule has 5 heteroatoms. The zero-order valence-electron chi connectivity index (χ0n) is 11.0. The quantitative estimate of drug-likeness (QED) is 0.223. The summed E-state index contributed by atoms with van der Waals surface area (Å²) in [7, 11) is 0. The molecule has 0 radical (unpaired) electrons. The Morgan fingerprint density at radius 1 is 1.44 bits per heavy atom. The minimum absolute atomic E-state index is 0.536. The smallest absolute Gasteiger partial charge is 0.208 e. The van der Waals surface area contributed by atoms with Crippen molar-refractivity contribution < 1.29 is 4.74 Å². The number of ether oxygens (including phenoxy) is 1. The van der Waals surface area contributed by atoms with E-state index in [0.29, 0.717) is 12.5 Å². The Balaban J connectivity index is 4.20. The van der Waals surface area contributed by atoms with Gasteiger partial charge in [0.1, 0.15) is 0 Å². The summed E-state index contributed by atoms with van der Waals surface area (Å²) in [5.74, 6) is 6.76. The van der Waals surface area contributed by atoms with E-state index in [1.54, 1.807) is 0 Å². The van der Waals surface area contributed by atoms with Crippen LogP contribution in [0.25, 0.3) is 0 Å². The van der Waals surface area contributed by atoms with Crippen LogP contribution in [0.3, 0.4) is 0 Å². The third-order valence-corrected chi connectivity index (χ3v) is 2.13. The predicted molar refractivity (Wildman–Crippen MR) is 68.2 cm³/mol. The molecule has 0 aliphatic carbocycles. The number of hydrogen-bond donors (Lipinski definition) is 2. The summed E-state index contributed by atoms with van der Waals surface area (Å²) in [6.45, 7) is 12.2. The van der Waals surface area contributed by atoms with Crippen LogP contribution in [0, 0.1) is 5.92 Å². The Morgan fingerprint density at radius 3 is 2.56 bits per heavy atom. The highest BCUT2D eigenvalue weighted by Gasteiger charge is 2.07. The van der Waals surface area contributed by atoms with E-state index in [1.807, 2.05) is 6.92 Å². The van der Waals surface area contributed by atoms with Gasteiger partial charge in [-0.15, -0.1) is 0 Å². The van der Waals surface area contributed by atoms with Gasteiger partial charge in [-0.25, -0.2) is 5.84 Å². The van der Waals surface area contributed by atoms with Gasteiger partial charge in [0.15, 0.2) is 0 Å². The molecule has 3 N–H and O–H groups in total. The van der Waals surface area contributed by atoms with Crippen molar-refractivity contribution in [1.29, 1.82) is 0 Å². The summed E-state index contributed by atoms with van der Waals surface area (Å²) >= 11 is 0. The fourth-order valence-electron chi connectivity index (χ4n) is 1.24. The first kappa shape index (κ1) is 15.2. The van der Waals surface area contributed by atoms with Crippen LogP contribution in [0.5, 0.6) is 0 Å². The summed E-state index contributed by atoms with van der Waals surface area (Å²) in [4.78, 5) is 6.52. The van der Waals surface area contributed by atoms with Crippen molar-refractivity contribution >= 4 is 5.96 Å². The topological polar surface area (TPSA) is 62.9 Å². The summed E-state index contributed by atoms with van der Waals surface area (Å²) < 4.78 is 5.32. The first-order valence-corrected chi connectivity index (χ1v) is 5.99. The van der Waals surface area contributed by atoms with Crippen LogP contribution < -0.4 is 11.3 Å².